The highest BCUT2D eigenvalue weighted by molar-refractivity contribution is 5.98. The summed E-state index contributed by atoms with van der Waals surface area (Å²) < 4.78 is 5.45. The van der Waals surface area contributed by atoms with Crippen LogP contribution in [0.15, 0.2) is 61.2 Å². The van der Waals surface area contributed by atoms with Crippen molar-refractivity contribution in [3.63, 3.8) is 0 Å². The molecule has 2 rings (SSSR count). The second-order valence-electron chi connectivity index (χ2n) is 4.79. The Labute approximate surface area is 134 Å². The van der Waals surface area contributed by atoms with Crippen molar-refractivity contribution in [3.05, 3.63) is 72.3 Å². The molecule has 0 heterocycles. The number of ether oxygens (including phenoxy) is 1. The molecule has 118 valence electrons. The van der Waals surface area contributed by atoms with E-state index < -0.39 is 5.97 Å². The van der Waals surface area contributed by atoms with Crippen molar-refractivity contribution in [2.45, 2.75) is 0 Å². The number of carboxylic acids is 1. The van der Waals surface area contributed by atoms with E-state index in [9.17, 15) is 9.59 Å². The molecule has 0 unspecified atom stereocenters. The van der Waals surface area contributed by atoms with Gasteiger partial charge in [0.25, 0.3) is 0 Å². The Morgan fingerprint density at radius 2 is 1.65 bits per heavy atom. The number of nitrogens with one attached hydrogen (secondary N) is 1. The van der Waals surface area contributed by atoms with Gasteiger partial charge in [-0.1, -0.05) is 18.2 Å². The van der Waals surface area contributed by atoms with Crippen molar-refractivity contribution >= 4 is 17.4 Å². The van der Waals surface area contributed by atoms with Gasteiger partial charge in [-0.3, -0.25) is 4.79 Å². The van der Waals surface area contributed by atoms with Crippen molar-refractivity contribution in [2.24, 2.45) is 0 Å². The lowest BCUT2D eigenvalue weighted by molar-refractivity contribution is 0.0696. The van der Waals surface area contributed by atoms with Gasteiger partial charge in [-0.15, -0.1) is 6.58 Å². The molecule has 0 aliphatic carbocycles. The number of carbonyl (C=O) groups is 2. The largest absolute Gasteiger partial charge is 0.485 e. The van der Waals surface area contributed by atoms with Gasteiger partial charge >= 0.3 is 5.97 Å². The van der Waals surface area contributed by atoms with E-state index in [-0.39, 0.29) is 18.0 Å². The van der Waals surface area contributed by atoms with E-state index in [1.807, 2.05) is 12.1 Å². The standard InChI is InChI=1S/C18H17NO4/c1-2-11-19-15-7-9-16(10-8-15)23-12-17(20)13-3-5-14(6-4-13)18(21)22/h2-10,19H,1,11-12H2,(H,21,22). The van der Waals surface area contributed by atoms with Crippen LogP contribution in [0.4, 0.5) is 5.69 Å². The van der Waals surface area contributed by atoms with Crippen molar-refractivity contribution in [3.8, 4) is 5.75 Å². The number of carboxylic acid groups (broad SMARTS) is 1. The van der Waals surface area contributed by atoms with Crippen molar-refractivity contribution < 1.29 is 19.4 Å². The van der Waals surface area contributed by atoms with Gasteiger partial charge in [-0.05, 0) is 36.4 Å². The average molecular weight is 311 g/mol. The highest BCUT2D eigenvalue weighted by atomic mass is 16.5. The molecule has 0 aliphatic heterocycles. The minimum absolute atomic E-state index is 0.105. The number of hydrogen-bond acceptors (Lipinski definition) is 4. The summed E-state index contributed by atoms with van der Waals surface area (Å²) in [6.07, 6.45) is 1.76. The SMILES string of the molecule is C=CCNc1ccc(OCC(=O)c2ccc(C(=O)O)cc2)cc1. The molecule has 0 aromatic heterocycles. The summed E-state index contributed by atoms with van der Waals surface area (Å²) in [5.74, 6) is -0.647. The zero-order valence-corrected chi connectivity index (χ0v) is 12.5. The molecule has 2 aromatic rings. The van der Waals surface area contributed by atoms with E-state index in [1.165, 1.54) is 24.3 Å². The Hall–Kier alpha value is -3.08. The summed E-state index contributed by atoms with van der Waals surface area (Å²) in [6, 6.07) is 13.0. The van der Waals surface area contributed by atoms with Gasteiger partial charge in [-0.2, -0.15) is 0 Å². The van der Waals surface area contributed by atoms with E-state index in [2.05, 4.69) is 11.9 Å². The summed E-state index contributed by atoms with van der Waals surface area (Å²) in [4.78, 5) is 22.8. The van der Waals surface area contributed by atoms with Crippen molar-refractivity contribution in [2.75, 3.05) is 18.5 Å². The molecular weight excluding hydrogens is 294 g/mol. The third-order valence-corrected chi connectivity index (χ3v) is 3.13. The molecule has 0 spiro atoms. The summed E-state index contributed by atoms with van der Waals surface area (Å²) in [5.41, 5.74) is 1.50. The maximum absolute atomic E-state index is 12.0. The van der Waals surface area contributed by atoms with Crippen LogP contribution in [0.2, 0.25) is 0 Å². The normalized spacial score (nSPS) is 9.91. The van der Waals surface area contributed by atoms with Crippen molar-refractivity contribution in [1.82, 2.24) is 0 Å². The second-order valence-corrected chi connectivity index (χ2v) is 4.79. The Bertz CT molecular complexity index is 690. The third-order valence-electron chi connectivity index (χ3n) is 3.13. The number of carbonyl (C=O) groups excluding carboxylic acids is 1. The summed E-state index contributed by atoms with van der Waals surface area (Å²) >= 11 is 0. The van der Waals surface area contributed by atoms with Gasteiger partial charge in [-0.25, -0.2) is 4.79 Å². The van der Waals surface area contributed by atoms with E-state index in [0.717, 1.165) is 5.69 Å². The number of hydrogen-bond donors (Lipinski definition) is 2. The molecule has 0 bridgehead atoms. The molecule has 2 aromatic carbocycles. The smallest absolute Gasteiger partial charge is 0.335 e. The van der Waals surface area contributed by atoms with E-state index in [4.69, 9.17) is 9.84 Å². The maximum atomic E-state index is 12.0. The lowest BCUT2D eigenvalue weighted by atomic mass is 10.1. The minimum atomic E-state index is -1.02. The Morgan fingerprint density at radius 3 is 2.22 bits per heavy atom. The third kappa shape index (κ3) is 4.71. The van der Waals surface area contributed by atoms with Crippen LogP contribution in [0.1, 0.15) is 20.7 Å². The number of Topliss-reactive ketones (excluding diaryl/α,β-unsaturated/α-hetero) is 1. The predicted molar refractivity (Wildman–Crippen MR) is 88.4 cm³/mol. The van der Waals surface area contributed by atoms with E-state index in [1.54, 1.807) is 18.2 Å². The summed E-state index contributed by atoms with van der Waals surface area (Å²) in [5, 5.41) is 12.0. The fourth-order valence-electron chi connectivity index (χ4n) is 1.89. The Balaban J connectivity index is 1.90. The molecule has 0 amide bonds. The topological polar surface area (TPSA) is 75.6 Å². The number of anilines is 1. The molecule has 0 saturated carbocycles. The van der Waals surface area contributed by atoms with E-state index in [0.29, 0.717) is 17.9 Å². The molecule has 0 aliphatic rings. The van der Waals surface area contributed by atoms with Crippen molar-refractivity contribution in [1.29, 1.82) is 0 Å². The quantitative estimate of drug-likeness (QED) is 0.578. The van der Waals surface area contributed by atoms with Gasteiger partial charge in [0.1, 0.15) is 5.75 Å². The summed E-state index contributed by atoms with van der Waals surface area (Å²) in [7, 11) is 0. The van der Waals surface area contributed by atoms with Crippen LogP contribution in [-0.4, -0.2) is 30.0 Å². The maximum Gasteiger partial charge on any atom is 0.335 e. The number of aromatic carboxylic acids is 1. The van der Waals surface area contributed by atoms with E-state index >= 15 is 0 Å². The second kappa shape index (κ2) is 7.79. The van der Waals surface area contributed by atoms with Crippen LogP contribution in [0.5, 0.6) is 5.75 Å². The lowest BCUT2D eigenvalue weighted by Gasteiger charge is -2.08. The molecule has 0 saturated heterocycles. The zero-order chi connectivity index (χ0) is 16.7. The van der Waals surface area contributed by atoms with Crippen LogP contribution in [0.3, 0.4) is 0 Å². The van der Waals surface area contributed by atoms with Crippen LogP contribution < -0.4 is 10.1 Å². The number of ketones is 1. The Morgan fingerprint density at radius 1 is 1.04 bits per heavy atom. The Kier molecular flexibility index (Phi) is 5.52. The van der Waals surface area contributed by atoms with Crippen LogP contribution >= 0.6 is 0 Å². The number of rotatable bonds is 8. The van der Waals surface area contributed by atoms with Gasteiger partial charge in [0.05, 0.1) is 5.56 Å². The number of benzene rings is 2. The highest BCUT2D eigenvalue weighted by Gasteiger charge is 2.09. The first kappa shape index (κ1) is 16.3. The monoisotopic (exact) mass is 311 g/mol. The first-order valence-electron chi connectivity index (χ1n) is 7.04. The lowest BCUT2D eigenvalue weighted by Crippen LogP contribution is -2.12. The fourth-order valence-corrected chi connectivity index (χ4v) is 1.89. The van der Waals surface area contributed by atoms with Crippen LogP contribution in [0, 0.1) is 0 Å². The first-order valence-corrected chi connectivity index (χ1v) is 7.04. The first-order chi connectivity index (χ1) is 11.1. The summed E-state index contributed by atoms with van der Waals surface area (Å²) in [6.45, 7) is 4.20. The van der Waals surface area contributed by atoms with Gasteiger partial charge in [0.15, 0.2) is 12.4 Å². The predicted octanol–water partition coefficient (Wildman–Crippen LogP) is 3.24. The molecular formula is C18H17NO4. The molecule has 0 atom stereocenters. The highest BCUT2D eigenvalue weighted by Crippen LogP contribution is 2.16. The molecule has 5 heteroatoms. The molecule has 2 N–H and O–H groups in total. The van der Waals surface area contributed by atoms with Gasteiger partial charge in [0.2, 0.25) is 0 Å². The fraction of sp³-hybridized carbons (Fsp3) is 0.111. The van der Waals surface area contributed by atoms with Gasteiger partial charge in [0, 0.05) is 17.8 Å². The van der Waals surface area contributed by atoms with Crippen LogP contribution in [-0.2, 0) is 0 Å². The minimum Gasteiger partial charge on any atom is -0.485 e. The molecule has 5 nitrogen and oxygen atoms in total. The molecule has 0 radical (unpaired) electrons. The zero-order valence-electron chi connectivity index (χ0n) is 12.5. The average Bonchev–Trinajstić information content (AvgIpc) is 2.58. The molecule has 23 heavy (non-hydrogen) atoms. The molecule has 0 fully saturated rings. The van der Waals surface area contributed by atoms with Crippen LogP contribution in [0.25, 0.3) is 0 Å². The van der Waals surface area contributed by atoms with Gasteiger partial charge < -0.3 is 15.2 Å².